The van der Waals surface area contributed by atoms with Gasteiger partial charge in [0, 0.05) is 20.0 Å². The molecule has 0 amide bonds. The number of ketones is 1. The van der Waals surface area contributed by atoms with Crippen molar-refractivity contribution in [1.82, 2.24) is 0 Å². The summed E-state index contributed by atoms with van der Waals surface area (Å²) in [5.74, 6) is 2.09. The van der Waals surface area contributed by atoms with Gasteiger partial charge in [0.25, 0.3) is 0 Å². The van der Waals surface area contributed by atoms with Crippen molar-refractivity contribution >= 4 is 11.8 Å². The van der Waals surface area contributed by atoms with Gasteiger partial charge in [-0.25, -0.2) is 0 Å². The maximum Gasteiger partial charge on any atom is 0.302 e. The Kier molecular flexibility index (Phi) is 6.39. The third-order valence-electron chi connectivity index (χ3n) is 9.59. The molecule has 5 heteroatoms. The highest BCUT2D eigenvalue weighted by Gasteiger charge is 2.59. The molecule has 3 fully saturated rings. The van der Waals surface area contributed by atoms with Crippen LogP contribution in [0.15, 0.2) is 11.6 Å². The second kappa shape index (κ2) is 8.62. The third-order valence-corrected chi connectivity index (χ3v) is 9.59. The lowest BCUT2D eigenvalue weighted by Crippen LogP contribution is -2.53. The summed E-state index contributed by atoms with van der Waals surface area (Å²) in [5.41, 5.74) is 1.69. The molecule has 0 aromatic rings. The molecule has 3 saturated carbocycles. The summed E-state index contributed by atoms with van der Waals surface area (Å²) in [6.07, 6.45) is 9.75. The lowest BCUT2D eigenvalue weighted by molar-refractivity contribution is -0.145. The zero-order chi connectivity index (χ0) is 22.4. The molecule has 8 atom stereocenters. The standard InChI is InChI=1S/C26H40O5/c1-16(14-30-17(2)27)20-6-7-21-19-13-24(28)23-12-18(31-15-29-5)8-10-26(23,4)22(19)9-11-25(20,21)3/h13,16,18,20-23H,6-12,14-15H2,1-5H3/t16?,18?,20-,21+,22+,23?,25-,26-/m1/s1. The summed E-state index contributed by atoms with van der Waals surface area (Å²) in [6, 6.07) is 0. The minimum Gasteiger partial charge on any atom is -0.466 e. The van der Waals surface area contributed by atoms with Crippen molar-refractivity contribution in [2.45, 2.75) is 78.7 Å². The van der Waals surface area contributed by atoms with Crippen LogP contribution in [0.25, 0.3) is 0 Å². The Labute approximate surface area is 187 Å². The average molecular weight is 433 g/mol. The van der Waals surface area contributed by atoms with E-state index in [4.69, 9.17) is 14.2 Å². The second-order valence-corrected chi connectivity index (χ2v) is 11.2. The van der Waals surface area contributed by atoms with E-state index in [2.05, 4.69) is 26.8 Å². The fraction of sp³-hybridized carbons (Fsp3) is 0.846. The first-order valence-corrected chi connectivity index (χ1v) is 12.2. The normalized spacial score (nSPS) is 42.8. The molecule has 4 aliphatic rings. The van der Waals surface area contributed by atoms with Gasteiger partial charge in [-0.3, -0.25) is 9.59 Å². The number of hydrogen-bond acceptors (Lipinski definition) is 5. The molecule has 0 aromatic carbocycles. The van der Waals surface area contributed by atoms with Crippen molar-refractivity contribution in [3.05, 3.63) is 11.6 Å². The zero-order valence-corrected chi connectivity index (χ0v) is 19.9. The monoisotopic (exact) mass is 432 g/mol. The number of methoxy groups -OCH3 is 1. The van der Waals surface area contributed by atoms with Crippen LogP contribution in [0.1, 0.15) is 72.6 Å². The van der Waals surface area contributed by atoms with E-state index in [0.717, 1.165) is 32.1 Å². The number of fused-ring (bicyclic) bond motifs is 5. The van der Waals surface area contributed by atoms with E-state index in [1.165, 1.54) is 25.3 Å². The van der Waals surface area contributed by atoms with Crippen LogP contribution < -0.4 is 0 Å². The molecule has 0 radical (unpaired) electrons. The van der Waals surface area contributed by atoms with E-state index in [1.807, 2.05) is 0 Å². The number of allylic oxidation sites excluding steroid dienone is 2. The first kappa shape index (κ1) is 23.0. The summed E-state index contributed by atoms with van der Waals surface area (Å²) in [6.45, 7) is 9.34. The number of esters is 1. The van der Waals surface area contributed by atoms with Gasteiger partial charge in [0.1, 0.15) is 6.79 Å². The van der Waals surface area contributed by atoms with E-state index < -0.39 is 0 Å². The second-order valence-electron chi connectivity index (χ2n) is 11.2. The molecule has 0 aromatic heterocycles. The summed E-state index contributed by atoms with van der Waals surface area (Å²) in [5, 5.41) is 0. The van der Waals surface area contributed by atoms with Crippen LogP contribution in [0.3, 0.4) is 0 Å². The Balaban J connectivity index is 1.55. The predicted molar refractivity (Wildman–Crippen MR) is 118 cm³/mol. The molecule has 174 valence electrons. The van der Waals surface area contributed by atoms with E-state index in [-0.39, 0.29) is 28.8 Å². The SMILES string of the molecule is COCOC1CC[C@@]2(C)C(C1)C(=O)C=C1[C@@H]3CC[C@H](C(C)COC(C)=O)[C@@]3(C)CC[C@@H]12. The molecule has 0 saturated heterocycles. The van der Waals surface area contributed by atoms with Crippen molar-refractivity contribution in [2.24, 2.45) is 40.4 Å². The fourth-order valence-electron chi connectivity index (χ4n) is 7.98. The average Bonchev–Trinajstić information content (AvgIpc) is 3.08. The fourth-order valence-corrected chi connectivity index (χ4v) is 7.98. The highest BCUT2D eigenvalue weighted by atomic mass is 16.7. The third kappa shape index (κ3) is 3.90. The summed E-state index contributed by atoms with van der Waals surface area (Å²) in [4.78, 5) is 24.7. The minimum atomic E-state index is -0.195. The largest absolute Gasteiger partial charge is 0.466 e. The topological polar surface area (TPSA) is 61.8 Å². The van der Waals surface area contributed by atoms with Gasteiger partial charge in [-0.05, 0) is 85.5 Å². The van der Waals surface area contributed by atoms with Crippen molar-refractivity contribution in [1.29, 1.82) is 0 Å². The number of rotatable bonds is 6. The van der Waals surface area contributed by atoms with Gasteiger partial charge in [-0.2, -0.15) is 0 Å². The predicted octanol–water partition coefficient (Wildman–Crippen LogP) is 4.93. The van der Waals surface area contributed by atoms with Crippen LogP contribution in [-0.4, -0.2) is 38.4 Å². The van der Waals surface area contributed by atoms with Gasteiger partial charge < -0.3 is 14.2 Å². The molecular formula is C26H40O5. The first-order chi connectivity index (χ1) is 14.7. The van der Waals surface area contributed by atoms with E-state index in [0.29, 0.717) is 42.9 Å². The van der Waals surface area contributed by atoms with Crippen LogP contribution in [-0.2, 0) is 23.8 Å². The highest BCUT2D eigenvalue weighted by molar-refractivity contribution is 5.94. The molecule has 4 aliphatic carbocycles. The highest BCUT2D eigenvalue weighted by Crippen LogP contribution is 2.66. The number of hydrogen-bond donors (Lipinski definition) is 0. The number of carbonyl (C=O) groups is 2. The Morgan fingerprint density at radius 3 is 2.52 bits per heavy atom. The van der Waals surface area contributed by atoms with E-state index >= 15 is 0 Å². The van der Waals surface area contributed by atoms with Crippen molar-refractivity contribution in [3.63, 3.8) is 0 Å². The maximum atomic E-state index is 13.4. The van der Waals surface area contributed by atoms with Gasteiger partial charge in [0.2, 0.25) is 0 Å². The van der Waals surface area contributed by atoms with Gasteiger partial charge >= 0.3 is 5.97 Å². The quantitative estimate of drug-likeness (QED) is 0.440. The molecule has 5 nitrogen and oxygen atoms in total. The van der Waals surface area contributed by atoms with Crippen LogP contribution in [0, 0.1) is 40.4 Å². The number of carbonyl (C=O) groups excluding carboxylic acids is 2. The summed E-state index contributed by atoms with van der Waals surface area (Å²) >= 11 is 0. The zero-order valence-electron chi connectivity index (χ0n) is 19.9. The lowest BCUT2D eigenvalue weighted by atomic mass is 9.47. The number of ether oxygens (including phenoxy) is 3. The molecule has 3 unspecified atom stereocenters. The molecule has 31 heavy (non-hydrogen) atoms. The van der Waals surface area contributed by atoms with Gasteiger partial charge in [0.15, 0.2) is 5.78 Å². The van der Waals surface area contributed by atoms with E-state index in [9.17, 15) is 9.59 Å². The first-order valence-electron chi connectivity index (χ1n) is 12.2. The minimum absolute atomic E-state index is 0.0525. The smallest absolute Gasteiger partial charge is 0.302 e. The molecule has 0 heterocycles. The Morgan fingerprint density at radius 2 is 1.81 bits per heavy atom. The Hall–Kier alpha value is -1.20. The molecule has 0 spiro atoms. The summed E-state index contributed by atoms with van der Waals surface area (Å²) < 4.78 is 16.3. The van der Waals surface area contributed by atoms with Crippen LogP contribution in [0.4, 0.5) is 0 Å². The Morgan fingerprint density at radius 1 is 1.10 bits per heavy atom. The van der Waals surface area contributed by atoms with E-state index in [1.54, 1.807) is 7.11 Å². The lowest BCUT2D eigenvalue weighted by Gasteiger charge is -2.57. The summed E-state index contributed by atoms with van der Waals surface area (Å²) in [7, 11) is 1.65. The Bertz CT molecular complexity index is 744. The molecular weight excluding hydrogens is 392 g/mol. The molecule has 4 rings (SSSR count). The molecule has 0 N–H and O–H groups in total. The van der Waals surface area contributed by atoms with Crippen molar-refractivity contribution in [3.8, 4) is 0 Å². The van der Waals surface area contributed by atoms with Crippen LogP contribution >= 0.6 is 0 Å². The van der Waals surface area contributed by atoms with Gasteiger partial charge in [-0.1, -0.05) is 26.3 Å². The van der Waals surface area contributed by atoms with Crippen LogP contribution in [0.5, 0.6) is 0 Å². The molecule has 0 aliphatic heterocycles. The van der Waals surface area contributed by atoms with Gasteiger partial charge in [0.05, 0.1) is 12.7 Å². The maximum absolute atomic E-state index is 13.4. The van der Waals surface area contributed by atoms with Crippen molar-refractivity contribution in [2.75, 3.05) is 20.5 Å². The van der Waals surface area contributed by atoms with Crippen LogP contribution in [0.2, 0.25) is 0 Å². The molecule has 0 bridgehead atoms. The van der Waals surface area contributed by atoms with Gasteiger partial charge in [-0.15, -0.1) is 0 Å². The van der Waals surface area contributed by atoms with Crippen molar-refractivity contribution < 1.29 is 23.8 Å².